The van der Waals surface area contributed by atoms with Crippen LogP contribution in [0.4, 0.5) is 0 Å². The lowest BCUT2D eigenvalue weighted by molar-refractivity contribution is -0.571. The maximum atomic E-state index is 9.98. The SMILES string of the molecule is COc1ccc(/C(O)=C\[n+]2ccc(C)nc2)cc1. The first-order valence-electron chi connectivity index (χ1n) is 5.57. The number of nitrogens with zero attached hydrogens (tertiary/aromatic N) is 2. The van der Waals surface area contributed by atoms with Crippen molar-refractivity contribution >= 4 is 12.0 Å². The van der Waals surface area contributed by atoms with Crippen LogP contribution in [-0.2, 0) is 0 Å². The van der Waals surface area contributed by atoms with E-state index < -0.39 is 0 Å². The molecule has 0 saturated carbocycles. The third-order valence-corrected chi connectivity index (χ3v) is 2.54. The Bertz CT molecular complexity index is 545. The van der Waals surface area contributed by atoms with E-state index in [0.29, 0.717) is 0 Å². The fourth-order valence-corrected chi connectivity index (χ4v) is 1.49. The van der Waals surface area contributed by atoms with Gasteiger partial charge in [0, 0.05) is 18.6 Å². The zero-order chi connectivity index (χ0) is 13.0. The van der Waals surface area contributed by atoms with Crippen LogP contribution in [-0.4, -0.2) is 17.2 Å². The normalized spacial score (nSPS) is 11.3. The predicted octanol–water partition coefficient (Wildman–Crippen LogP) is 2.20. The molecule has 2 rings (SSSR count). The monoisotopic (exact) mass is 243 g/mol. The number of ether oxygens (including phenoxy) is 1. The molecule has 0 radical (unpaired) electrons. The Labute approximate surface area is 106 Å². The first kappa shape index (κ1) is 12.1. The molecule has 0 atom stereocenters. The molecule has 1 aromatic carbocycles. The van der Waals surface area contributed by atoms with Gasteiger partial charge in [0.2, 0.25) is 0 Å². The van der Waals surface area contributed by atoms with Gasteiger partial charge in [-0.25, -0.2) is 4.57 Å². The highest BCUT2D eigenvalue weighted by Gasteiger charge is 2.03. The van der Waals surface area contributed by atoms with Crippen molar-refractivity contribution in [2.45, 2.75) is 6.92 Å². The van der Waals surface area contributed by atoms with Crippen molar-refractivity contribution in [3.05, 3.63) is 54.1 Å². The Morgan fingerprint density at radius 1 is 1.28 bits per heavy atom. The molecule has 1 N–H and O–H groups in total. The van der Waals surface area contributed by atoms with Crippen molar-refractivity contribution in [2.75, 3.05) is 7.11 Å². The van der Waals surface area contributed by atoms with E-state index in [4.69, 9.17) is 4.74 Å². The first-order chi connectivity index (χ1) is 8.69. The molecule has 2 aromatic rings. The highest BCUT2D eigenvalue weighted by atomic mass is 16.5. The molecular formula is C14H15N2O2+. The smallest absolute Gasteiger partial charge is 0.291 e. The summed E-state index contributed by atoms with van der Waals surface area (Å²) in [7, 11) is 1.61. The molecule has 0 aliphatic carbocycles. The van der Waals surface area contributed by atoms with Crippen molar-refractivity contribution in [1.82, 2.24) is 4.98 Å². The minimum atomic E-state index is 0.174. The molecule has 0 amide bonds. The van der Waals surface area contributed by atoms with Gasteiger partial charge in [-0.1, -0.05) is 4.98 Å². The largest absolute Gasteiger partial charge is 0.504 e. The summed E-state index contributed by atoms with van der Waals surface area (Å²) in [5, 5.41) is 9.98. The van der Waals surface area contributed by atoms with E-state index in [1.54, 1.807) is 48.5 Å². The Hall–Kier alpha value is -2.36. The van der Waals surface area contributed by atoms with Gasteiger partial charge in [-0.15, -0.1) is 0 Å². The van der Waals surface area contributed by atoms with E-state index in [0.717, 1.165) is 17.0 Å². The average molecular weight is 243 g/mol. The van der Waals surface area contributed by atoms with Gasteiger partial charge < -0.3 is 9.84 Å². The number of aliphatic hydroxyl groups is 1. The highest BCUT2D eigenvalue weighted by molar-refractivity contribution is 5.66. The Balaban J connectivity index is 2.23. The molecule has 0 saturated heterocycles. The molecule has 1 heterocycles. The molecule has 0 spiro atoms. The average Bonchev–Trinajstić information content (AvgIpc) is 2.41. The second-order valence-electron chi connectivity index (χ2n) is 3.89. The van der Waals surface area contributed by atoms with E-state index in [2.05, 4.69) is 4.98 Å². The van der Waals surface area contributed by atoms with E-state index in [1.807, 2.05) is 19.2 Å². The summed E-state index contributed by atoms with van der Waals surface area (Å²) in [6.07, 6.45) is 5.09. The first-order valence-corrected chi connectivity index (χ1v) is 5.57. The number of hydrogen-bond donors (Lipinski definition) is 1. The van der Waals surface area contributed by atoms with Crippen molar-refractivity contribution in [2.24, 2.45) is 0 Å². The van der Waals surface area contributed by atoms with Gasteiger partial charge in [-0.3, -0.25) is 0 Å². The molecule has 4 nitrogen and oxygen atoms in total. The zero-order valence-electron chi connectivity index (χ0n) is 10.4. The molecule has 0 fully saturated rings. The number of aromatic nitrogens is 2. The van der Waals surface area contributed by atoms with Crippen LogP contribution in [0.5, 0.6) is 5.75 Å². The number of benzene rings is 1. The van der Waals surface area contributed by atoms with Crippen LogP contribution in [0.1, 0.15) is 11.3 Å². The van der Waals surface area contributed by atoms with Gasteiger partial charge >= 0.3 is 0 Å². The fraction of sp³-hybridized carbons (Fsp3) is 0.143. The minimum absolute atomic E-state index is 0.174. The van der Waals surface area contributed by atoms with Crippen LogP contribution >= 0.6 is 0 Å². The second-order valence-corrected chi connectivity index (χ2v) is 3.89. The van der Waals surface area contributed by atoms with Gasteiger partial charge in [0.25, 0.3) is 6.33 Å². The van der Waals surface area contributed by atoms with Crippen LogP contribution in [0.2, 0.25) is 0 Å². The van der Waals surface area contributed by atoms with Crippen LogP contribution in [0.15, 0.2) is 42.9 Å². The molecule has 1 aromatic heterocycles. The molecule has 0 bridgehead atoms. The Morgan fingerprint density at radius 2 is 2.00 bits per heavy atom. The lowest BCUT2D eigenvalue weighted by atomic mass is 10.2. The topological polar surface area (TPSA) is 46.2 Å². The third kappa shape index (κ3) is 2.85. The Morgan fingerprint density at radius 3 is 2.56 bits per heavy atom. The molecule has 92 valence electrons. The molecule has 18 heavy (non-hydrogen) atoms. The summed E-state index contributed by atoms with van der Waals surface area (Å²) in [5.41, 5.74) is 1.66. The number of methoxy groups -OCH3 is 1. The van der Waals surface area contributed by atoms with Gasteiger partial charge in [-0.2, -0.15) is 0 Å². The number of aryl methyl sites for hydroxylation is 1. The van der Waals surface area contributed by atoms with Crippen molar-refractivity contribution < 1.29 is 14.4 Å². The molecule has 0 aliphatic rings. The third-order valence-electron chi connectivity index (χ3n) is 2.54. The molecule has 0 aliphatic heterocycles. The predicted molar refractivity (Wildman–Crippen MR) is 69.0 cm³/mol. The van der Waals surface area contributed by atoms with E-state index in [9.17, 15) is 5.11 Å². The van der Waals surface area contributed by atoms with Gasteiger partial charge in [0.1, 0.15) is 11.9 Å². The number of hydrogen-bond acceptors (Lipinski definition) is 3. The van der Waals surface area contributed by atoms with Crippen LogP contribution in [0, 0.1) is 6.92 Å². The van der Waals surface area contributed by atoms with Crippen LogP contribution in [0.3, 0.4) is 0 Å². The van der Waals surface area contributed by atoms with E-state index in [1.165, 1.54) is 0 Å². The summed E-state index contributed by atoms with van der Waals surface area (Å²) < 4.78 is 6.77. The second kappa shape index (κ2) is 5.31. The van der Waals surface area contributed by atoms with Crippen molar-refractivity contribution in [1.29, 1.82) is 0 Å². The Kier molecular flexibility index (Phi) is 3.57. The molecular weight excluding hydrogens is 228 g/mol. The quantitative estimate of drug-likeness (QED) is 0.664. The van der Waals surface area contributed by atoms with Gasteiger partial charge in [0.15, 0.2) is 11.5 Å². The van der Waals surface area contributed by atoms with Crippen molar-refractivity contribution in [3.63, 3.8) is 0 Å². The van der Waals surface area contributed by atoms with Crippen molar-refractivity contribution in [3.8, 4) is 5.75 Å². The van der Waals surface area contributed by atoms with Crippen LogP contribution < -0.4 is 9.30 Å². The summed E-state index contributed by atoms with van der Waals surface area (Å²) in [4.78, 5) is 4.14. The summed E-state index contributed by atoms with van der Waals surface area (Å²) in [6, 6.07) is 9.08. The summed E-state index contributed by atoms with van der Waals surface area (Å²) in [6.45, 7) is 1.91. The van der Waals surface area contributed by atoms with Crippen LogP contribution in [0.25, 0.3) is 12.0 Å². The summed E-state index contributed by atoms with van der Waals surface area (Å²) in [5.74, 6) is 0.935. The van der Waals surface area contributed by atoms with Gasteiger partial charge in [0.05, 0.1) is 13.3 Å². The fourth-order valence-electron chi connectivity index (χ4n) is 1.49. The highest BCUT2D eigenvalue weighted by Crippen LogP contribution is 2.16. The van der Waals surface area contributed by atoms with E-state index in [-0.39, 0.29) is 5.76 Å². The molecule has 0 unspecified atom stereocenters. The standard InChI is InChI=1S/C14H14N2O2/c1-11-7-8-16(10-15-11)9-14(17)12-3-5-13(18-2)6-4-12/h3-10H,1-2H3/p+1/b14-9+. The summed E-state index contributed by atoms with van der Waals surface area (Å²) >= 11 is 0. The minimum Gasteiger partial charge on any atom is -0.504 e. The maximum Gasteiger partial charge on any atom is 0.291 e. The zero-order valence-corrected chi connectivity index (χ0v) is 10.4. The number of aliphatic hydroxyl groups excluding tert-OH is 1. The lowest BCUT2D eigenvalue weighted by Crippen LogP contribution is -2.26. The maximum absolute atomic E-state index is 9.98. The van der Waals surface area contributed by atoms with Gasteiger partial charge in [-0.05, 0) is 24.3 Å². The lowest BCUT2D eigenvalue weighted by Gasteiger charge is -2.02. The number of rotatable bonds is 3. The van der Waals surface area contributed by atoms with E-state index >= 15 is 0 Å². The molecule has 4 heteroatoms.